The summed E-state index contributed by atoms with van der Waals surface area (Å²) in [5, 5.41) is 11.0. The zero-order valence-corrected chi connectivity index (χ0v) is 12.6. The first-order chi connectivity index (χ1) is 7.89. The number of nitrogens with zero attached hydrogens (tertiary/aromatic N) is 1. The van der Waals surface area contributed by atoms with E-state index in [9.17, 15) is 10.1 Å². The van der Waals surface area contributed by atoms with Crippen molar-refractivity contribution in [2.45, 2.75) is 51.4 Å². The van der Waals surface area contributed by atoms with Crippen LogP contribution in [0.25, 0.3) is 0 Å². The molecule has 0 amide bonds. The van der Waals surface area contributed by atoms with E-state index >= 15 is 0 Å². The average molecular weight is 280 g/mol. The molecule has 0 aliphatic heterocycles. The van der Waals surface area contributed by atoms with Gasteiger partial charge in [0.25, 0.3) is 0 Å². The van der Waals surface area contributed by atoms with E-state index in [-0.39, 0.29) is 11.5 Å². The fraction of sp³-hybridized carbons (Fsp3) is 0.818. The molecule has 1 unspecified atom stereocenters. The Kier molecular flexibility index (Phi) is 7.66. The predicted molar refractivity (Wildman–Crippen MR) is 73.5 cm³/mol. The Morgan fingerprint density at radius 1 is 1.41 bits per heavy atom. The second-order valence-electron chi connectivity index (χ2n) is 4.22. The van der Waals surface area contributed by atoms with Crippen LogP contribution < -0.4 is 0 Å². The van der Waals surface area contributed by atoms with Crippen LogP contribution in [-0.2, 0) is 4.43 Å². The highest BCUT2D eigenvalue weighted by Gasteiger charge is 2.33. The summed E-state index contributed by atoms with van der Waals surface area (Å²) in [5.74, 6) is 0. The molecular weight excluding hydrogens is 258 g/mol. The molecule has 0 aromatic carbocycles. The maximum atomic E-state index is 10.6. The molecule has 0 N–H and O–H groups in total. The first kappa shape index (κ1) is 16.6. The van der Waals surface area contributed by atoms with Crippen molar-refractivity contribution in [2.24, 2.45) is 0 Å². The normalized spacial score (nSPS) is 13.4. The van der Waals surface area contributed by atoms with Gasteiger partial charge in [0, 0.05) is 16.4 Å². The van der Waals surface area contributed by atoms with Crippen molar-refractivity contribution in [3.8, 4) is 0 Å². The van der Waals surface area contributed by atoms with Crippen LogP contribution in [0.3, 0.4) is 0 Å². The predicted octanol–water partition coefficient (Wildman–Crippen LogP) is 3.80. The maximum absolute atomic E-state index is 10.6. The van der Waals surface area contributed by atoms with E-state index in [1.54, 1.807) is 0 Å². The highest BCUT2D eigenvalue weighted by atomic mass is 35.5. The summed E-state index contributed by atoms with van der Waals surface area (Å²) in [4.78, 5) is 10.3. The standard InChI is InChI=1S/C11H22ClNO3Si/c1-5-17(6-2,7-3)16-11(8-10(4)12)9-13(14)15/h11H,4-9H2,1-3H3. The van der Waals surface area contributed by atoms with Crippen molar-refractivity contribution in [3.05, 3.63) is 21.7 Å². The van der Waals surface area contributed by atoms with Crippen LogP contribution in [0.15, 0.2) is 11.6 Å². The van der Waals surface area contributed by atoms with Gasteiger partial charge in [-0.05, 0) is 18.1 Å². The summed E-state index contributed by atoms with van der Waals surface area (Å²) in [6.07, 6.45) is -0.0707. The van der Waals surface area contributed by atoms with Crippen LogP contribution in [-0.4, -0.2) is 25.9 Å². The molecule has 100 valence electrons. The molecule has 0 bridgehead atoms. The van der Waals surface area contributed by atoms with Gasteiger partial charge in [-0.1, -0.05) is 39.0 Å². The van der Waals surface area contributed by atoms with Gasteiger partial charge in [-0.3, -0.25) is 10.1 Å². The Morgan fingerprint density at radius 3 is 2.18 bits per heavy atom. The second-order valence-corrected chi connectivity index (χ2v) is 9.48. The van der Waals surface area contributed by atoms with Gasteiger partial charge in [0.15, 0.2) is 8.32 Å². The lowest BCUT2D eigenvalue weighted by molar-refractivity contribution is -0.489. The van der Waals surface area contributed by atoms with Gasteiger partial charge >= 0.3 is 0 Å². The maximum Gasteiger partial charge on any atom is 0.228 e. The Hall–Kier alpha value is -0.393. The third-order valence-corrected chi connectivity index (χ3v) is 8.01. The van der Waals surface area contributed by atoms with Crippen LogP contribution >= 0.6 is 11.6 Å². The van der Waals surface area contributed by atoms with Crippen LogP contribution in [0.2, 0.25) is 18.1 Å². The van der Waals surface area contributed by atoms with Gasteiger partial charge < -0.3 is 4.43 Å². The quantitative estimate of drug-likeness (QED) is 0.366. The molecule has 0 fully saturated rings. The summed E-state index contributed by atoms with van der Waals surface area (Å²) in [6, 6.07) is 2.93. The van der Waals surface area contributed by atoms with Crippen LogP contribution in [0.1, 0.15) is 27.2 Å². The number of hydrogen-bond donors (Lipinski definition) is 0. The zero-order valence-electron chi connectivity index (χ0n) is 10.9. The highest BCUT2D eigenvalue weighted by Crippen LogP contribution is 2.25. The molecule has 0 rings (SSSR count). The minimum absolute atomic E-state index is 0.194. The Bertz CT molecular complexity index is 245. The first-order valence-electron chi connectivity index (χ1n) is 6.02. The molecule has 0 saturated carbocycles. The Labute approximate surface area is 109 Å². The van der Waals surface area contributed by atoms with E-state index in [4.69, 9.17) is 16.0 Å². The van der Waals surface area contributed by atoms with E-state index in [0.717, 1.165) is 18.1 Å². The lowest BCUT2D eigenvalue weighted by Gasteiger charge is -2.31. The molecule has 0 aromatic rings. The molecule has 0 aliphatic rings. The topological polar surface area (TPSA) is 52.4 Å². The van der Waals surface area contributed by atoms with Gasteiger partial charge in [-0.2, -0.15) is 0 Å². The van der Waals surface area contributed by atoms with Gasteiger partial charge in [-0.15, -0.1) is 0 Å². The molecule has 0 aromatic heterocycles. The smallest absolute Gasteiger partial charge is 0.228 e. The lowest BCUT2D eigenvalue weighted by atomic mass is 10.2. The van der Waals surface area contributed by atoms with Crippen molar-refractivity contribution in [1.29, 1.82) is 0 Å². The molecule has 0 spiro atoms. The molecule has 4 nitrogen and oxygen atoms in total. The monoisotopic (exact) mass is 279 g/mol. The molecule has 17 heavy (non-hydrogen) atoms. The molecule has 6 heteroatoms. The summed E-state index contributed by atoms with van der Waals surface area (Å²) in [5.41, 5.74) is 0. The van der Waals surface area contributed by atoms with Crippen molar-refractivity contribution in [1.82, 2.24) is 0 Å². The summed E-state index contributed by atoms with van der Waals surface area (Å²) in [7, 11) is -1.82. The summed E-state index contributed by atoms with van der Waals surface area (Å²) < 4.78 is 6.06. The van der Waals surface area contributed by atoms with Gasteiger partial charge in [-0.25, -0.2) is 0 Å². The average Bonchev–Trinajstić information content (AvgIpc) is 2.24. The van der Waals surface area contributed by atoms with E-state index < -0.39 is 14.4 Å². The zero-order chi connectivity index (χ0) is 13.5. The van der Waals surface area contributed by atoms with Gasteiger partial charge in [0.1, 0.15) is 6.10 Å². The molecule has 0 saturated heterocycles. The van der Waals surface area contributed by atoms with Crippen LogP contribution in [0.5, 0.6) is 0 Å². The molecule has 0 heterocycles. The van der Waals surface area contributed by atoms with Crippen molar-refractivity contribution < 1.29 is 9.35 Å². The number of rotatable bonds is 9. The molecule has 0 aliphatic carbocycles. The fourth-order valence-corrected chi connectivity index (χ4v) is 4.95. The largest absolute Gasteiger partial charge is 0.407 e. The van der Waals surface area contributed by atoms with Gasteiger partial charge in [0.05, 0.1) is 0 Å². The van der Waals surface area contributed by atoms with E-state index in [1.807, 2.05) is 0 Å². The molecule has 1 atom stereocenters. The first-order valence-corrected chi connectivity index (χ1v) is 8.92. The minimum atomic E-state index is -1.82. The number of halogens is 1. The van der Waals surface area contributed by atoms with E-state index in [0.29, 0.717) is 11.5 Å². The third-order valence-electron chi connectivity index (χ3n) is 3.15. The van der Waals surface area contributed by atoms with Crippen LogP contribution in [0, 0.1) is 10.1 Å². The number of nitro groups is 1. The van der Waals surface area contributed by atoms with Crippen molar-refractivity contribution in [2.75, 3.05) is 6.54 Å². The highest BCUT2D eigenvalue weighted by molar-refractivity contribution is 6.73. The molecule has 0 radical (unpaired) electrons. The number of hydrogen-bond acceptors (Lipinski definition) is 3. The van der Waals surface area contributed by atoms with Crippen molar-refractivity contribution in [3.63, 3.8) is 0 Å². The van der Waals surface area contributed by atoms with Crippen LogP contribution in [0.4, 0.5) is 0 Å². The second kappa shape index (κ2) is 7.84. The summed E-state index contributed by atoms with van der Waals surface area (Å²) >= 11 is 5.73. The minimum Gasteiger partial charge on any atom is -0.407 e. The third kappa shape index (κ3) is 6.19. The Balaban J connectivity index is 4.68. The van der Waals surface area contributed by atoms with E-state index in [2.05, 4.69) is 27.4 Å². The van der Waals surface area contributed by atoms with Gasteiger partial charge in [0.2, 0.25) is 6.54 Å². The SMILES string of the molecule is C=C(Cl)CC(C[N+](=O)[O-])O[Si](CC)(CC)CC. The van der Waals surface area contributed by atoms with E-state index in [1.165, 1.54) is 0 Å². The molecular formula is C11H22ClNO3Si. The lowest BCUT2D eigenvalue weighted by Crippen LogP contribution is -2.42. The summed E-state index contributed by atoms with van der Waals surface area (Å²) in [6.45, 7) is 9.68. The Morgan fingerprint density at radius 2 is 1.88 bits per heavy atom. The fourth-order valence-electron chi connectivity index (χ4n) is 1.91. The van der Waals surface area contributed by atoms with Crippen molar-refractivity contribution >= 4 is 19.9 Å².